The average molecular weight is 630 g/mol. The number of para-hydroxylation sites is 1. The molecule has 1 aromatic heterocycles. The molecule has 0 aliphatic heterocycles. The molecule has 5 aromatic rings. The van der Waals surface area contributed by atoms with Crippen LogP contribution < -0.4 is 24.4 Å². The molecule has 5 rings (SSSR count). The fourth-order valence-corrected chi connectivity index (χ4v) is 4.93. The molecule has 4 aromatic carbocycles. The second-order valence-electron chi connectivity index (χ2n) is 9.54. The third-order valence-corrected chi connectivity index (χ3v) is 7.03. The zero-order valence-electron chi connectivity index (χ0n) is 24.6. The van der Waals surface area contributed by atoms with Crippen molar-refractivity contribution in [2.45, 2.75) is 13.8 Å². The molecule has 0 saturated carbocycles. The lowest BCUT2D eigenvalue weighted by molar-refractivity contribution is 0.0728. The molecule has 0 radical (unpaired) electrons. The van der Waals surface area contributed by atoms with Gasteiger partial charge in [0.25, 0.3) is 5.91 Å². The Balaban J connectivity index is 1.34. The third-order valence-electron chi connectivity index (χ3n) is 6.70. The molecule has 0 aliphatic rings. The number of esters is 1. The number of carbonyl (C=O) groups excluding carboxylic acids is 2. The Bertz CT molecular complexity index is 1900. The number of carbonyl (C=O) groups is 2. The monoisotopic (exact) mass is 629 g/mol. The van der Waals surface area contributed by atoms with Crippen LogP contribution in [0.4, 0.5) is 4.39 Å². The number of ether oxygens (including phenoxy) is 4. The van der Waals surface area contributed by atoms with E-state index in [0.29, 0.717) is 51.8 Å². The lowest BCUT2D eigenvalue weighted by atomic mass is 10.0. The molecule has 0 bridgehead atoms. The van der Waals surface area contributed by atoms with E-state index in [-0.39, 0.29) is 28.3 Å². The summed E-state index contributed by atoms with van der Waals surface area (Å²) in [5, 5.41) is 4.99. The van der Waals surface area contributed by atoms with Crippen LogP contribution in [0.3, 0.4) is 0 Å². The predicted octanol–water partition coefficient (Wildman–Crippen LogP) is 7.42. The first-order valence-electron chi connectivity index (χ1n) is 14.0. The lowest BCUT2D eigenvalue weighted by Gasteiger charge is -2.13. The lowest BCUT2D eigenvalue weighted by Crippen LogP contribution is -2.19. The van der Waals surface area contributed by atoms with Crippen LogP contribution in [0.2, 0.25) is 5.02 Å². The maximum absolute atomic E-state index is 14.6. The number of aromatic nitrogens is 1. The summed E-state index contributed by atoms with van der Waals surface area (Å²) in [6.07, 6.45) is 1.39. The van der Waals surface area contributed by atoms with Crippen LogP contribution in [-0.4, -0.2) is 43.4 Å². The third kappa shape index (κ3) is 6.76. The Hall–Kier alpha value is -5.35. The number of hydrazone groups is 1. The number of hydrogen-bond acceptors (Lipinski definition) is 7. The van der Waals surface area contributed by atoms with Crippen molar-refractivity contribution in [3.8, 4) is 34.1 Å². The van der Waals surface area contributed by atoms with Crippen molar-refractivity contribution in [3.05, 3.63) is 107 Å². The molecule has 0 aliphatic carbocycles. The van der Waals surface area contributed by atoms with Gasteiger partial charge in [-0.1, -0.05) is 41.9 Å². The molecule has 230 valence electrons. The van der Waals surface area contributed by atoms with Crippen molar-refractivity contribution in [1.29, 1.82) is 0 Å². The van der Waals surface area contributed by atoms with E-state index in [1.807, 2.05) is 13.8 Å². The number of rotatable bonds is 11. The van der Waals surface area contributed by atoms with Crippen LogP contribution in [0.15, 0.2) is 84.0 Å². The number of fused-ring (bicyclic) bond motifs is 1. The number of methoxy groups -OCH3 is 1. The summed E-state index contributed by atoms with van der Waals surface area (Å²) in [5.41, 5.74) is 4.59. The van der Waals surface area contributed by atoms with Crippen molar-refractivity contribution in [1.82, 2.24) is 10.4 Å². The van der Waals surface area contributed by atoms with Crippen LogP contribution in [0.5, 0.6) is 23.0 Å². The van der Waals surface area contributed by atoms with Crippen molar-refractivity contribution in [2.75, 3.05) is 20.3 Å². The predicted molar refractivity (Wildman–Crippen MR) is 170 cm³/mol. The summed E-state index contributed by atoms with van der Waals surface area (Å²) in [6.45, 7) is 4.55. The topological polar surface area (TPSA) is 111 Å². The average Bonchev–Trinajstić information content (AvgIpc) is 3.44. The highest BCUT2D eigenvalue weighted by Gasteiger charge is 2.22. The maximum Gasteiger partial charge on any atom is 0.343 e. The number of nitrogens with one attached hydrogen (secondary N) is 2. The molecule has 11 heteroatoms. The quantitative estimate of drug-likeness (QED) is 0.0681. The van der Waals surface area contributed by atoms with Gasteiger partial charge in [0.15, 0.2) is 23.0 Å². The number of halogens is 2. The molecule has 0 atom stereocenters. The molecule has 9 nitrogen and oxygen atoms in total. The standard InChI is InChI=1S/C34H29ClFN3O6/c1-4-43-26-16-14-21(18-29(26)44-5-2)34(41)45-27-15-13-20(17-28(27)42-3)19-37-39-33(40)32-30(22-9-6-7-11-24(22)35)23-10-8-12-25(36)31(23)38-32/h6-19,38H,4-5H2,1-3H3,(H,39,40). The smallest absolute Gasteiger partial charge is 0.343 e. The SMILES string of the molecule is CCOc1ccc(C(=O)Oc2ccc(C=NNC(=O)c3[nH]c4c(F)cccc4c3-c3ccccc3Cl)cc2OC)cc1OCC. The second-order valence-corrected chi connectivity index (χ2v) is 9.95. The summed E-state index contributed by atoms with van der Waals surface area (Å²) in [4.78, 5) is 29.1. The number of benzene rings is 4. The molecular formula is C34H29ClFN3O6. The zero-order valence-corrected chi connectivity index (χ0v) is 25.4. The van der Waals surface area contributed by atoms with E-state index in [1.165, 1.54) is 19.4 Å². The summed E-state index contributed by atoms with van der Waals surface area (Å²) in [5.74, 6) is -0.312. The number of H-pyrrole nitrogens is 1. The Morgan fingerprint density at radius 3 is 2.42 bits per heavy atom. The zero-order chi connectivity index (χ0) is 31.9. The highest BCUT2D eigenvalue weighted by Crippen LogP contribution is 2.37. The van der Waals surface area contributed by atoms with Gasteiger partial charge in [0.1, 0.15) is 11.5 Å². The maximum atomic E-state index is 14.6. The summed E-state index contributed by atoms with van der Waals surface area (Å²) < 4.78 is 36.8. The van der Waals surface area contributed by atoms with Crippen LogP contribution in [0, 0.1) is 5.82 Å². The number of nitrogens with zero attached hydrogens (tertiary/aromatic N) is 1. The van der Waals surface area contributed by atoms with Crippen molar-refractivity contribution in [2.24, 2.45) is 5.10 Å². The van der Waals surface area contributed by atoms with Gasteiger partial charge in [-0.3, -0.25) is 4.79 Å². The molecule has 45 heavy (non-hydrogen) atoms. The molecule has 0 fully saturated rings. The van der Waals surface area contributed by atoms with Crippen LogP contribution in [-0.2, 0) is 0 Å². The first kappa shape index (κ1) is 31.1. The van der Waals surface area contributed by atoms with Crippen molar-refractivity contribution in [3.63, 3.8) is 0 Å². The van der Waals surface area contributed by atoms with Crippen LogP contribution >= 0.6 is 11.6 Å². The highest BCUT2D eigenvalue weighted by molar-refractivity contribution is 6.34. The van der Waals surface area contributed by atoms with Crippen LogP contribution in [0.1, 0.15) is 40.3 Å². The van der Waals surface area contributed by atoms with Gasteiger partial charge in [-0.25, -0.2) is 14.6 Å². The van der Waals surface area contributed by atoms with Gasteiger partial charge in [0, 0.05) is 21.5 Å². The number of aromatic amines is 1. The van der Waals surface area contributed by atoms with Gasteiger partial charge < -0.3 is 23.9 Å². The minimum Gasteiger partial charge on any atom is -0.493 e. The highest BCUT2D eigenvalue weighted by atomic mass is 35.5. The molecular weight excluding hydrogens is 601 g/mol. The largest absolute Gasteiger partial charge is 0.493 e. The van der Waals surface area contributed by atoms with E-state index in [1.54, 1.807) is 72.8 Å². The van der Waals surface area contributed by atoms with E-state index in [9.17, 15) is 14.0 Å². The first-order chi connectivity index (χ1) is 21.8. The molecule has 0 spiro atoms. The minimum absolute atomic E-state index is 0.0991. The number of hydrogen-bond donors (Lipinski definition) is 2. The van der Waals surface area contributed by atoms with Gasteiger partial charge >= 0.3 is 5.97 Å². The van der Waals surface area contributed by atoms with E-state index in [0.717, 1.165) is 0 Å². The van der Waals surface area contributed by atoms with E-state index >= 15 is 0 Å². The summed E-state index contributed by atoms with van der Waals surface area (Å²) in [6, 6.07) is 21.2. The summed E-state index contributed by atoms with van der Waals surface area (Å²) in [7, 11) is 1.44. The van der Waals surface area contributed by atoms with Crippen LogP contribution in [0.25, 0.3) is 22.0 Å². The Morgan fingerprint density at radius 1 is 0.911 bits per heavy atom. The fraction of sp³-hybridized carbons (Fsp3) is 0.147. The fourth-order valence-electron chi connectivity index (χ4n) is 4.70. The van der Waals surface area contributed by atoms with Gasteiger partial charge in [-0.05, 0) is 67.9 Å². The van der Waals surface area contributed by atoms with Crippen molar-refractivity contribution < 1.29 is 32.9 Å². The van der Waals surface area contributed by atoms with E-state index in [2.05, 4.69) is 15.5 Å². The molecule has 1 amide bonds. The molecule has 0 unspecified atom stereocenters. The van der Waals surface area contributed by atoms with Gasteiger partial charge in [-0.15, -0.1) is 0 Å². The van der Waals surface area contributed by atoms with Gasteiger partial charge in [0.2, 0.25) is 0 Å². The molecule has 0 saturated heterocycles. The Morgan fingerprint density at radius 2 is 1.67 bits per heavy atom. The van der Waals surface area contributed by atoms with Crippen molar-refractivity contribution >= 4 is 40.6 Å². The minimum atomic E-state index is -0.616. The molecule has 1 heterocycles. The summed E-state index contributed by atoms with van der Waals surface area (Å²) >= 11 is 6.44. The van der Waals surface area contributed by atoms with E-state index < -0.39 is 17.7 Å². The Labute approximate surface area is 263 Å². The van der Waals surface area contributed by atoms with Gasteiger partial charge in [0.05, 0.1) is 37.6 Å². The van der Waals surface area contributed by atoms with Gasteiger partial charge in [-0.2, -0.15) is 5.10 Å². The second kappa shape index (κ2) is 14.0. The first-order valence-corrected chi connectivity index (χ1v) is 14.4. The Kier molecular flexibility index (Phi) is 9.64. The number of amides is 1. The van der Waals surface area contributed by atoms with E-state index in [4.69, 9.17) is 30.5 Å². The normalized spacial score (nSPS) is 11.0. The molecule has 2 N–H and O–H groups in total.